The number of hydrogen-bond donors (Lipinski definition) is 1. The van der Waals surface area contributed by atoms with E-state index in [1.807, 2.05) is 32.9 Å². The average molecular weight is 217 g/mol. The van der Waals surface area contributed by atoms with Crippen molar-refractivity contribution in [3.8, 4) is 17.2 Å². The maximum Gasteiger partial charge on any atom is 0.226 e. The minimum Gasteiger partial charge on any atom is -0.508 e. The van der Waals surface area contributed by atoms with Gasteiger partial charge in [-0.1, -0.05) is 19.9 Å². The molecule has 1 aromatic carbocycles. The van der Waals surface area contributed by atoms with E-state index in [2.05, 4.69) is 4.98 Å². The molecule has 16 heavy (non-hydrogen) atoms. The van der Waals surface area contributed by atoms with Gasteiger partial charge in [0.1, 0.15) is 11.5 Å². The molecule has 3 nitrogen and oxygen atoms in total. The third-order valence-corrected chi connectivity index (χ3v) is 2.52. The number of phenolic OH excluding ortho intramolecular Hbond substituents is 1. The van der Waals surface area contributed by atoms with E-state index >= 15 is 0 Å². The zero-order chi connectivity index (χ0) is 11.7. The minimum absolute atomic E-state index is 0.295. The number of aromatic hydroxyl groups is 1. The Morgan fingerprint density at radius 3 is 2.56 bits per heavy atom. The predicted octanol–water partition coefficient (Wildman–Crippen LogP) is 3.48. The van der Waals surface area contributed by atoms with E-state index in [1.165, 1.54) is 0 Å². The molecule has 0 spiro atoms. The van der Waals surface area contributed by atoms with E-state index < -0.39 is 0 Å². The number of oxazole rings is 1. The van der Waals surface area contributed by atoms with Gasteiger partial charge in [0.2, 0.25) is 5.89 Å². The molecule has 0 fully saturated rings. The van der Waals surface area contributed by atoms with Crippen LogP contribution in [0.4, 0.5) is 0 Å². The first-order chi connectivity index (χ1) is 7.58. The molecule has 1 N–H and O–H groups in total. The van der Waals surface area contributed by atoms with Crippen LogP contribution in [0.5, 0.6) is 5.75 Å². The van der Waals surface area contributed by atoms with Gasteiger partial charge in [-0.05, 0) is 30.5 Å². The maximum absolute atomic E-state index is 9.86. The number of rotatable bonds is 2. The smallest absolute Gasteiger partial charge is 0.226 e. The molecule has 0 aliphatic heterocycles. The van der Waals surface area contributed by atoms with E-state index in [-0.39, 0.29) is 0 Å². The molecule has 1 heterocycles. The lowest BCUT2D eigenvalue weighted by Gasteiger charge is -2.08. The molecule has 0 atom stereocenters. The molecule has 0 saturated carbocycles. The van der Waals surface area contributed by atoms with Gasteiger partial charge in [0.25, 0.3) is 0 Å². The van der Waals surface area contributed by atoms with Gasteiger partial charge in [0, 0.05) is 5.56 Å². The molecule has 2 aromatic rings. The highest BCUT2D eigenvalue weighted by Crippen LogP contribution is 2.30. The van der Waals surface area contributed by atoms with Crippen LogP contribution >= 0.6 is 0 Å². The quantitative estimate of drug-likeness (QED) is 0.837. The summed E-state index contributed by atoms with van der Waals surface area (Å²) in [4.78, 5) is 4.12. The first-order valence-electron chi connectivity index (χ1n) is 5.33. The van der Waals surface area contributed by atoms with Gasteiger partial charge in [0.05, 0.1) is 6.20 Å². The highest BCUT2D eigenvalue weighted by atomic mass is 16.4. The Kier molecular flexibility index (Phi) is 2.69. The highest BCUT2D eigenvalue weighted by molar-refractivity contribution is 5.58. The Labute approximate surface area is 94.8 Å². The Morgan fingerprint density at radius 1 is 1.31 bits per heavy atom. The molecule has 0 unspecified atom stereocenters. The standard InChI is InChI=1S/C13H15NO2/c1-8(2)11-5-4-10(6-12(11)15)13-14-7-9(3)16-13/h4-8,15H,1-3H3. The zero-order valence-electron chi connectivity index (χ0n) is 9.69. The van der Waals surface area contributed by atoms with Gasteiger partial charge in [-0.2, -0.15) is 0 Å². The van der Waals surface area contributed by atoms with Crippen molar-refractivity contribution in [1.82, 2.24) is 4.98 Å². The predicted molar refractivity (Wildman–Crippen MR) is 62.4 cm³/mol. The summed E-state index contributed by atoms with van der Waals surface area (Å²) < 4.78 is 5.40. The lowest BCUT2D eigenvalue weighted by atomic mass is 10.0. The lowest BCUT2D eigenvalue weighted by molar-refractivity contribution is 0.464. The van der Waals surface area contributed by atoms with Crippen molar-refractivity contribution >= 4 is 0 Å². The van der Waals surface area contributed by atoms with Crippen LogP contribution in [0.15, 0.2) is 28.8 Å². The largest absolute Gasteiger partial charge is 0.508 e. The van der Waals surface area contributed by atoms with Crippen molar-refractivity contribution in [1.29, 1.82) is 0 Å². The fourth-order valence-corrected chi connectivity index (χ4v) is 1.65. The van der Waals surface area contributed by atoms with Gasteiger partial charge in [-0.3, -0.25) is 0 Å². The summed E-state index contributed by atoms with van der Waals surface area (Å²) in [6.45, 7) is 5.94. The Hall–Kier alpha value is -1.77. The van der Waals surface area contributed by atoms with Crippen LogP contribution in [0.2, 0.25) is 0 Å². The normalized spacial score (nSPS) is 11.0. The van der Waals surface area contributed by atoms with Crippen LogP contribution < -0.4 is 0 Å². The summed E-state index contributed by atoms with van der Waals surface area (Å²) in [6.07, 6.45) is 1.67. The monoisotopic (exact) mass is 217 g/mol. The van der Waals surface area contributed by atoms with E-state index in [0.717, 1.165) is 16.9 Å². The van der Waals surface area contributed by atoms with Crippen LogP contribution in [0.3, 0.4) is 0 Å². The van der Waals surface area contributed by atoms with Gasteiger partial charge in [0.15, 0.2) is 0 Å². The van der Waals surface area contributed by atoms with Crippen LogP contribution in [0.1, 0.15) is 31.1 Å². The molecule has 3 heteroatoms. The molecular formula is C13H15NO2. The van der Waals surface area contributed by atoms with Gasteiger partial charge in [-0.15, -0.1) is 0 Å². The van der Waals surface area contributed by atoms with Crippen molar-refractivity contribution in [3.63, 3.8) is 0 Å². The summed E-state index contributed by atoms with van der Waals surface area (Å²) in [5, 5.41) is 9.86. The van der Waals surface area contributed by atoms with E-state index in [4.69, 9.17) is 4.42 Å². The second-order valence-corrected chi connectivity index (χ2v) is 4.20. The van der Waals surface area contributed by atoms with E-state index in [1.54, 1.807) is 12.3 Å². The van der Waals surface area contributed by atoms with Crippen LogP contribution in [0, 0.1) is 6.92 Å². The fraction of sp³-hybridized carbons (Fsp3) is 0.308. The molecule has 1 aromatic heterocycles. The maximum atomic E-state index is 9.86. The molecule has 0 aliphatic carbocycles. The molecule has 0 saturated heterocycles. The average Bonchev–Trinajstić information content (AvgIpc) is 2.64. The summed E-state index contributed by atoms with van der Waals surface area (Å²) in [7, 11) is 0. The third-order valence-electron chi connectivity index (χ3n) is 2.52. The number of hydrogen-bond acceptors (Lipinski definition) is 3. The molecule has 0 radical (unpaired) electrons. The van der Waals surface area contributed by atoms with Crippen molar-refractivity contribution < 1.29 is 9.52 Å². The van der Waals surface area contributed by atoms with Gasteiger partial charge >= 0.3 is 0 Å². The van der Waals surface area contributed by atoms with Gasteiger partial charge in [-0.25, -0.2) is 4.98 Å². The molecular weight excluding hydrogens is 202 g/mol. The number of aromatic nitrogens is 1. The van der Waals surface area contributed by atoms with Crippen LogP contribution in [-0.4, -0.2) is 10.1 Å². The van der Waals surface area contributed by atoms with Crippen LogP contribution in [0.25, 0.3) is 11.5 Å². The Morgan fingerprint density at radius 2 is 2.06 bits per heavy atom. The van der Waals surface area contributed by atoms with Crippen molar-refractivity contribution in [2.75, 3.05) is 0 Å². The van der Waals surface area contributed by atoms with Crippen LogP contribution in [-0.2, 0) is 0 Å². The summed E-state index contributed by atoms with van der Waals surface area (Å²) >= 11 is 0. The summed E-state index contributed by atoms with van der Waals surface area (Å²) in [5.74, 6) is 1.91. The third kappa shape index (κ3) is 1.94. The SMILES string of the molecule is Cc1cnc(-c2ccc(C(C)C)c(O)c2)o1. The minimum atomic E-state index is 0.295. The molecule has 2 rings (SSSR count). The molecule has 0 aliphatic rings. The molecule has 84 valence electrons. The fourth-order valence-electron chi connectivity index (χ4n) is 1.65. The van der Waals surface area contributed by atoms with E-state index in [9.17, 15) is 5.11 Å². The Bertz CT molecular complexity index is 500. The van der Waals surface area contributed by atoms with E-state index in [0.29, 0.717) is 17.6 Å². The van der Waals surface area contributed by atoms with Crippen molar-refractivity contribution in [3.05, 3.63) is 35.7 Å². The van der Waals surface area contributed by atoms with Crippen molar-refractivity contribution in [2.24, 2.45) is 0 Å². The molecule has 0 amide bonds. The number of aryl methyl sites for hydroxylation is 1. The number of benzene rings is 1. The second-order valence-electron chi connectivity index (χ2n) is 4.20. The number of nitrogens with zero attached hydrogens (tertiary/aromatic N) is 1. The Balaban J connectivity index is 2.42. The van der Waals surface area contributed by atoms with Gasteiger partial charge < -0.3 is 9.52 Å². The topological polar surface area (TPSA) is 46.3 Å². The first-order valence-corrected chi connectivity index (χ1v) is 5.33. The zero-order valence-corrected chi connectivity index (χ0v) is 9.69. The summed E-state index contributed by atoms with van der Waals surface area (Å²) in [6, 6.07) is 5.52. The lowest BCUT2D eigenvalue weighted by Crippen LogP contribution is -1.88. The summed E-state index contributed by atoms with van der Waals surface area (Å²) in [5.41, 5.74) is 1.74. The van der Waals surface area contributed by atoms with Crippen molar-refractivity contribution in [2.45, 2.75) is 26.7 Å². The number of phenols is 1. The first kappa shape index (κ1) is 10.7. The highest BCUT2D eigenvalue weighted by Gasteiger charge is 2.10. The molecule has 0 bridgehead atoms. The second kappa shape index (κ2) is 4.00.